The number of nitrogens with zero attached hydrogens (tertiary/aromatic N) is 3. The van der Waals surface area contributed by atoms with Crippen LogP contribution in [0.4, 0.5) is 0 Å². The van der Waals surface area contributed by atoms with Crippen LogP contribution >= 0.6 is 0 Å². The molecule has 5 nitrogen and oxygen atoms in total. The van der Waals surface area contributed by atoms with E-state index in [4.69, 9.17) is 0 Å². The maximum Gasteiger partial charge on any atom is 0.254 e. The van der Waals surface area contributed by atoms with E-state index in [0.29, 0.717) is 6.67 Å². The number of carbonyl (C=O) groups excluding carboxylic acids is 1. The van der Waals surface area contributed by atoms with E-state index in [1.165, 1.54) is 22.4 Å². The SMILES string of the molecule is CNCCN1CN(Cc2ccccc2C)C2=C(CN(Cc3ccccc3)CC2)C1=O. The van der Waals surface area contributed by atoms with Gasteiger partial charge in [0.05, 0.1) is 12.2 Å². The molecule has 0 saturated heterocycles. The molecule has 2 heterocycles. The highest BCUT2D eigenvalue weighted by atomic mass is 16.2. The lowest BCUT2D eigenvalue weighted by molar-refractivity contribution is -0.131. The Balaban J connectivity index is 1.57. The van der Waals surface area contributed by atoms with E-state index in [9.17, 15) is 4.79 Å². The molecule has 0 spiro atoms. The van der Waals surface area contributed by atoms with Gasteiger partial charge < -0.3 is 15.1 Å². The van der Waals surface area contributed by atoms with E-state index in [1.807, 2.05) is 18.0 Å². The van der Waals surface area contributed by atoms with Crippen molar-refractivity contribution in [1.29, 1.82) is 0 Å². The summed E-state index contributed by atoms with van der Waals surface area (Å²) in [5.41, 5.74) is 6.16. The van der Waals surface area contributed by atoms with Crippen molar-refractivity contribution in [3.05, 3.63) is 82.6 Å². The van der Waals surface area contributed by atoms with Crippen LogP contribution in [0, 0.1) is 6.92 Å². The molecular formula is C25H32N4O. The molecule has 0 unspecified atom stereocenters. The molecule has 0 aliphatic carbocycles. The quantitative estimate of drug-likeness (QED) is 0.770. The predicted octanol–water partition coefficient (Wildman–Crippen LogP) is 2.98. The second kappa shape index (κ2) is 9.45. The Morgan fingerprint density at radius 3 is 2.50 bits per heavy atom. The lowest BCUT2D eigenvalue weighted by Gasteiger charge is -2.44. The molecule has 2 aliphatic rings. The molecule has 0 aromatic heterocycles. The molecule has 0 atom stereocenters. The van der Waals surface area contributed by atoms with E-state index in [2.05, 4.69) is 70.6 Å². The molecule has 5 heteroatoms. The minimum absolute atomic E-state index is 0.207. The molecular weight excluding hydrogens is 372 g/mol. The van der Waals surface area contributed by atoms with Gasteiger partial charge in [0, 0.05) is 51.4 Å². The number of benzene rings is 2. The summed E-state index contributed by atoms with van der Waals surface area (Å²) in [5, 5.41) is 3.18. The number of aryl methyl sites for hydroxylation is 1. The molecule has 0 bridgehead atoms. The van der Waals surface area contributed by atoms with Crippen molar-refractivity contribution < 1.29 is 4.79 Å². The Kier molecular flexibility index (Phi) is 6.50. The minimum atomic E-state index is 0.207. The van der Waals surface area contributed by atoms with Gasteiger partial charge in [0.1, 0.15) is 0 Å². The number of rotatable bonds is 7. The van der Waals surface area contributed by atoms with Crippen molar-refractivity contribution in [1.82, 2.24) is 20.0 Å². The van der Waals surface area contributed by atoms with Gasteiger partial charge in [-0.3, -0.25) is 9.69 Å². The van der Waals surface area contributed by atoms with E-state index in [0.717, 1.165) is 51.3 Å². The zero-order valence-corrected chi connectivity index (χ0v) is 18.1. The molecule has 0 radical (unpaired) electrons. The van der Waals surface area contributed by atoms with Gasteiger partial charge in [-0.2, -0.15) is 0 Å². The van der Waals surface area contributed by atoms with Gasteiger partial charge >= 0.3 is 0 Å². The van der Waals surface area contributed by atoms with Crippen molar-refractivity contribution in [2.45, 2.75) is 26.4 Å². The monoisotopic (exact) mass is 404 g/mol. The number of hydrogen-bond donors (Lipinski definition) is 1. The largest absolute Gasteiger partial charge is 0.352 e. The second-order valence-electron chi connectivity index (χ2n) is 8.31. The first-order valence-electron chi connectivity index (χ1n) is 10.9. The first-order valence-corrected chi connectivity index (χ1v) is 10.9. The highest BCUT2D eigenvalue weighted by molar-refractivity contribution is 5.95. The van der Waals surface area contributed by atoms with E-state index in [-0.39, 0.29) is 5.91 Å². The molecule has 30 heavy (non-hydrogen) atoms. The number of amides is 1. The Morgan fingerprint density at radius 2 is 1.73 bits per heavy atom. The highest BCUT2D eigenvalue weighted by Gasteiger charge is 2.34. The fourth-order valence-electron chi connectivity index (χ4n) is 4.43. The Morgan fingerprint density at radius 1 is 0.967 bits per heavy atom. The molecule has 0 fully saturated rings. The molecule has 1 N–H and O–H groups in total. The number of hydrogen-bond acceptors (Lipinski definition) is 4. The molecule has 2 aromatic rings. The van der Waals surface area contributed by atoms with Crippen LogP contribution in [0.1, 0.15) is 23.1 Å². The molecule has 1 amide bonds. The maximum absolute atomic E-state index is 13.3. The lowest BCUT2D eigenvalue weighted by atomic mass is 9.99. The summed E-state index contributed by atoms with van der Waals surface area (Å²) in [6, 6.07) is 19.1. The molecule has 0 saturated carbocycles. The number of carbonyl (C=O) groups is 1. The summed E-state index contributed by atoms with van der Waals surface area (Å²) in [5.74, 6) is 0.207. The Bertz CT molecular complexity index is 908. The van der Waals surface area contributed by atoms with Gasteiger partial charge in [0.15, 0.2) is 0 Å². The third kappa shape index (κ3) is 4.58. The summed E-state index contributed by atoms with van der Waals surface area (Å²) in [6.07, 6.45) is 0.930. The fourth-order valence-corrected chi connectivity index (χ4v) is 4.43. The summed E-state index contributed by atoms with van der Waals surface area (Å²) in [6.45, 7) is 7.83. The fraction of sp³-hybridized carbons (Fsp3) is 0.400. The normalized spacial score (nSPS) is 17.5. The van der Waals surface area contributed by atoms with Gasteiger partial charge in [-0.05, 0) is 30.7 Å². The van der Waals surface area contributed by atoms with Crippen LogP contribution in [-0.4, -0.2) is 60.5 Å². The van der Waals surface area contributed by atoms with Crippen LogP contribution in [-0.2, 0) is 17.9 Å². The lowest BCUT2D eigenvalue weighted by Crippen LogP contribution is -2.52. The van der Waals surface area contributed by atoms with Gasteiger partial charge in [-0.25, -0.2) is 0 Å². The van der Waals surface area contributed by atoms with Gasteiger partial charge in [-0.15, -0.1) is 0 Å². The molecule has 2 aliphatic heterocycles. The van der Waals surface area contributed by atoms with Crippen LogP contribution in [0.5, 0.6) is 0 Å². The molecule has 158 valence electrons. The minimum Gasteiger partial charge on any atom is -0.352 e. The zero-order chi connectivity index (χ0) is 20.9. The van der Waals surface area contributed by atoms with E-state index in [1.54, 1.807) is 0 Å². The number of likely N-dealkylation sites (N-methyl/N-ethyl adjacent to an activating group) is 1. The Hall–Kier alpha value is -2.63. The average molecular weight is 405 g/mol. The van der Waals surface area contributed by atoms with Crippen molar-refractivity contribution in [3.8, 4) is 0 Å². The summed E-state index contributed by atoms with van der Waals surface area (Å²) in [4.78, 5) is 20.1. The average Bonchev–Trinajstić information content (AvgIpc) is 2.77. The summed E-state index contributed by atoms with van der Waals surface area (Å²) in [7, 11) is 1.94. The topological polar surface area (TPSA) is 38.8 Å². The third-order valence-corrected chi connectivity index (χ3v) is 6.17. The third-order valence-electron chi connectivity index (χ3n) is 6.17. The van der Waals surface area contributed by atoms with Crippen molar-refractivity contribution >= 4 is 5.91 Å². The smallest absolute Gasteiger partial charge is 0.254 e. The zero-order valence-electron chi connectivity index (χ0n) is 18.1. The van der Waals surface area contributed by atoms with Crippen molar-refractivity contribution in [2.75, 3.05) is 39.9 Å². The highest BCUT2D eigenvalue weighted by Crippen LogP contribution is 2.30. The summed E-state index contributed by atoms with van der Waals surface area (Å²) >= 11 is 0. The van der Waals surface area contributed by atoms with E-state index < -0.39 is 0 Å². The van der Waals surface area contributed by atoms with Crippen LogP contribution in [0.2, 0.25) is 0 Å². The van der Waals surface area contributed by atoms with E-state index >= 15 is 0 Å². The van der Waals surface area contributed by atoms with Gasteiger partial charge in [0.25, 0.3) is 5.91 Å². The van der Waals surface area contributed by atoms with Crippen LogP contribution < -0.4 is 5.32 Å². The summed E-state index contributed by atoms with van der Waals surface area (Å²) < 4.78 is 0. The van der Waals surface area contributed by atoms with Crippen molar-refractivity contribution in [3.63, 3.8) is 0 Å². The van der Waals surface area contributed by atoms with Crippen molar-refractivity contribution in [2.24, 2.45) is 0 Å². The predicted molar refractivity (Wildman–Crippen MR) is 121 cm³/mol. The standard InChI is InChI=1S/C25H32N4O/c1-20-8-6-7-11-22(20)17-29-19-28(15-13-26-2)25(30)23-18-27(14-12-24(23)29)16-21-9-4-3-5-10-21/h3-11,26H,12-19H2,1-2H3. The second-order valence-corrected chi connectivity index (χ2v) is 8.31. The van der Waals surface area contributed by atoms with Crippen LogP contribution in [0.3, 0.4) is 0 Å². The Labute approximate surface area is 180 Å². The van der Waals surface area contributed by atoms with Gasteiger partial charge in [-0.1, -0.05) is 54.6 Å². The van der Waals surface area contributed by atoms with Gasteiger partial charge in [0.2, 0.25) is 0 Å². The first kappa shape index (κ1) is 20.6. The first-order chi connectivity index (χ1) is 14.7. The van der Waals surface area contributed by atoms with Crippen LogP contribution in [0.15, 0.2) is 65.9 Å². The van der Waals surface area contributed by atoms with Crippen LogP contribution in [0.25, 0.3) is 0 Å². The molecule has 2 aromatic carbocycles. The number of nitrogens with one attached hydrogen (secondary N) is 1. The molecule has 4 rings (SSSR count). The maximum atomic E-state index is 13.3.